The highest BCUT2D eigenvalue weighted by Crippen LogP contribution is 2.31. The van der Waals surface area contributed by atoms with Crippen molar-refractivity contribution < 1.29 is 23.4 Å². The van der Waals surface area contributed by atoms with E-state index in [1.54, 1.807) is 31.0 Å². The summed E-state index contributed by atoms with van der Waals surface area (Å²) >= 11 is 1.30. The van der Waals surface area contributed by atoms with Gasteiger partial charge in [0.1, 0.15) is 34.7 Å². The molecule has 0 N–H and O–H groups in total. The zero-order valence-electron chi connectivity index (χ0n) is 16.6. The Kier molecular flexibility index (Phi) is 5.85. The van der Waals surface area contributed by atoms with E-state index >= 15 is 0 Å². The lowest BCUT2D eigenvalue weighted by Crippen LogP contribution is -2.41. The van der Waals surface area contributed by atoms with Gasteiger partial charge in [-0.05, 0) is 43.3 Å². The molecule has 1 atom stereocenters. The molecule has 1 aliphatic heterocycles. The van der Waals surface area contributed by atoms with Crippen LogP contribution < -0.4 is 14.2 Å². The maximum Gasteiger partial charge on any atom is 0.265 e. The van der Waals surface area contributed by atoms with Crippen LogP contribution in [0.5, 0.6) is 17.2 Å². The molecule has 0 bridgehead atoms. The first-order valence-electron chi connectivity index (χ1n) is 9.48. The molecule has 0 saturated heterocycles. The fraction of sp³-hybridized carbons (Fsp3) is 0.273. The monoisotopic (exact) mass is 428 g/mol. The first kappa shape index (κ1) is 20.2. The lowest BCUT2D eigenvalue weighted by atomic mass is 10.2. The van der Waals surface area contributed by atoms with Crippen molar-refractivity contribution in [2.24, 2.45) is 0 Å². The lowest BCUT2D eigenvalue weighted by Gasteiger charge is -2.29. The van der Waals surface area contributed by atoms with Crippen LogP contribution in [-0.4, -0.2) is 42.1 Å². The standard InChI is InChI=1S/C22H21FN2O4S/c1-14-21(30-20(24-14)13-27-16-9-7-15(23)8-10-16)22(26)25(2)11-17-12-28-18-5-3-4-6-19(18)29-17/h3-10,17H,11-13H2,1-2H3/t17-/m1/s1. The number of ether oxygens (including phenoxy) is 3. The van der Waals surface area contributed by atoms with E-state index in [0.717, 1.165) is 0 Å². The Hall–Kier alpha value is -3.13. The zero-order chi connectivity index (χ0) is 21.1. The Balaban J connectivity index is 1.36. The van der Waals surface area contributed by atoms with Crippen LogP contribution in [0.3, 0.4) is 0 Å². The maximum atomic E-state index is 13.0. The van der Waals surface area contributed by atoms with Gasteiger partial charge in [0, 0.05) is 7.05 Å². The summed E-state index contributed by atoms with van der Waals surface area (Å²) in [6.45, 7) is 2.79. The van der Waals surface area contributed by atoms with Gasteiger partial charge in [-0.15, -0.1) is 11.3 Å². The summed E-state index contributed by atoms with van der Waals surface area (Å²) < 4.78 is 30.3. The second-order valence-electron chi connectivity index (χ2n) is 6.95. The molecule has 30 heavy (non-hydrogen) atoms. The summed E-state index contributed by atoms with van der Waals surface area (Å²) in [6.07, 6.45) is -0.247. The van der Waals surface area contributed by atoms with Crippen molar-refractivity contribution >= 4 is 17.2 Å². The second-order valence-corrected chi connectivity index (χ2v) is 8.03. The Bertz CT molecular complexity index is 1040. The summed E-state index contributed by atoms with van der Waals surface area (Å²) in [5.74, 6) is 1.50. The summed E-state index contributed by atoms with van der Waals surface area (Å²) in [5.41, 5.74) is 0.653. The molecule has 0 aliphatic carbocycles. The van der Waals surface area contributed by atoms with Crippen LogP contribution in [0.4, 0.5) is 4.39 Å². The molecule has 2 heterocycles. The molecule has 0 unspecified atom stereocenters. The van der Waals surface area contributed by atoms with Gasteiger partial charge in [0.2, 0.25) is 0 Å². The SMILES string of the molecule is Cc1nc(COc2ccc(F)cc2)sc1C(=O)N(C)C[C@@H]1COc2ccccc2O1. The van der Waals surface area contributed by atoms with Crippen molar-refractivity contribution in [3.05, 3.63) is 69.9 Å². The zero-order valence-corrected chi connectivity index (χ0v) is 17.4. The Morgan fingerprint density at radius 1 is 1.23 bits per heavy atom. The van der Waals surface area contributed by atoms with E-state index in [9.17, 15) is 9.18 Å². The van der Waals surface area contributed by atoms with Gasteiger partial charge in [-0.25, -0.2) is 9.37 Å². The summed E-state index contributed by atoms with van der Waals surface area (Å²) in [4.78, 5) is 19.5. The molecule has 2 aromatic carbocycles. The number of halogens is 1. The van der Waals surface area contributed by atoms with Gasteiger partial charge in [-0.3, -0.25) is 4.79 Å². The van der Waals surface area contributed by atoms with Gasteiger partial charge in [-0.2, -0.15) is 0 Å². The summed E-state index contributed by atoms with van der Waals surface area (Å²) in [6, 6.07) is 13.3. The second kappa shape index (κ2) is 8.71. The van der Waals surface area contributed by atoms with Crippen molar-refractivity contribution in [3.63, 3.8) is 0 Å². The first-order valence-corrected chi connectivity index (χ1v) is 10.3. The molecule has 0 spiro atoms. The van der Waals surface area contributed by atoms with E-state index in [-0.39, 0.29) is 24.4 Å². The largest absolute Gasteiger partial charge is 0.486 e. The van der Waals surface area contributed by atoms with Gasteiger partial charge in [0.15, 0.2) is 17.6 Å². The minimum Gasteiger partial charge on any atom is -0.486 e. The number of likely N-dealkylation sites (N-methyl/N-ethyl adjacent to an activating group) is 1. The topological polar surface area (TPSA) is 60.9 Å². The third-order valence-corrected chi connectivity index (χ3v) is 5.72. The number of aromatic nitrogens is 1. The van der Waals surface area contributed by atoms with Gasteiger partial charge < -0.3 is 19.1 Å². The number of nitrogens with zero attached hydrogens (tertiary/aromatic N) is 2. The third kappa shape index (κ3) is 4.54. The highest BCUT2D eigenvalue weighted by molar-refractivity contribution is 7.13. The highest BCUT2D eigenvalue weighted by atomic mass is 32.1. The number of fused-ring (bicyclic) bond motifs is 1. The summed E-state index contributed by atoms with van der Waals surface area (Å²) in [5, 5.41) is 0.680. The van der Waals surface area contributed by atoms with E-state index in [0.29, 0.717) is 46.0 Å². The molecule has 1 aromatic heterocycles. The van der Waals surface area contributed by atoms with E-state index in [2.05, 4.69) is 4.98 Å². The van der Waals surface area contributed by atoms with Crippen LogP contribution in [0, 0.1) is 12.7 Å². The molecular weight excluding hydrogens is 407 g/mol. The molecule has 0 fully saturated rings. The normalized spacial score (nSPS) is 15.0. The number of amides is 1. The molecule has 4 rings (SSSR count). The predicted octanol–water partition coefficient (Wildman–Crippen LogP) is 4.08. The fourth-order valence-corrected chi connectivity index (χ4v) is 4.08. The van der Waals surface area contributed by atoms with E-state index in [4.69, 9.17) is 14.2 Å². The molecule has 6 nitrogen and oxygen atoms in total. The maximum absolute atomic E-state index is 13.0. The number of rotatable bonds is 6. The highest BCUT2D eigenvalue weighted by Gasteiger charge is 2.26. The predicted molar refractivity (Wildman–Crippen MR) is 111 cm³/mol. The number of benzene rings is 2. The number of hydrogen-bond donors (Lipinski definition) is 0. The van der Waals surface area contributed by atoms with Crippen molar-refractivity contribution in [3.8, 4) is 17.2 Å². The van der Waals surface area contributed by atoms with Gasteiger partial charge in [-0.1, -0.05) is 12.1 Å². The molecule has 156 valence electrons. The fourth-order valence-electron chi connectivity index (χ4n) is 3.10. The Morgan fingerprint density at radius 3 is 2.73 bits per heavy atom. The average Bonchev–Trinajstić information content (AvgIpc) is 3.13. The Morgan fingerprint density at radius 2 is 1.97 bits per heavy atom. The van der Waals surface area contributed by atoms with E-state index in [1.807, 2.05) is 24.3 Å². The van der Waals surface area contributed by atoms with Crippen molar-refractivity contribution in [2.45, 2.75) is 19.6 Å². The van der Waals surface area contributed by atoms with Crippen LogP contribution in [-0.2, 0) is 6.61 Å². The van der Waals surface area contributed by atoms with Crippen LogP contribution in [0.25, 0.3) is 0 Å². The van der Waals surface area contributed by atoms with Crippen LogP contribution in [0.15, 0.2) is 48.5 Å². The molecule has 1 aliphatic rings. The number of aryl methyl sites for hydroxylation is 1. The number of carbonyl (C=O) groups is 1. The number of para-hydroxylation sites is 2. The van der Waals surface area contributed by atoms with Crippen molar-refractivity contribution in [1.29, 1.82) is 0 Å². The third-order valence-electron chi connectivity index (χ3n) is 4.60. The number of hydrogen-bond acceptors (Lipinski definition) is 6. The molecule has 0 radical (unpaired) electrons. The van der Waals surface area contributed by atoms with Crippen molar-refractivity contribution in [2.75, 3.05) is 20.2 Å². The van der Waals surface area contributed by atoms with Gasteiger partial charge >= 0.3 is 0 Å². The first-order chi connectivity index (χ1) is 14.5. The minimum absolute atomic E-state index is 0.125. The number of thiazole rings is 1. The van der Waals surface area contributed by atoms with Gasteiger partial charge in [0.25, 0.3) is 5.91 Å². The lowest BCUT2D eigenvalue weighted by molar-refractivity contribution is 0.0523. The minimum atomic E-state index is -0.320. The molecule has 1 amide bonds. The molecular formula is C22H21FN2O4S. The van der Waals surface area contributed by atoms with Crippen LogP contribution >= 0.6 is 11.3 Å². The van der Waals surface area contributed by atoms with Crippen LogP contribution in [0.2, 0.25) is 0 Å². The van der Waals surface area contributed by atoms with E-state index < -0.39 is 0 Å². The number of carbonyl (C=O) groups excluding carboxylic acids is 1. The van der Waals surface area contributed by atoms with Crippen molar-refractivity contribution in [1.82, 2.24) is 9.88 Å². The smallest absolute Gasteiger partial charge is 0.265 e. The van der Waals surface area contributed by atoms with Gasteiger partial charge in [0.05, 0.1) is 12.2 Å². The Labute approximate surface area is 177 Å². The van der Waals surface area contributed by atoms with Crippen LogP contribution in [0.1, 0.15) is 20.4 Å². The molecule has 0 saturated carbocycles. The average molecular weight is 428 g/mol. The summed E-state index contributed by atoms with van der Waals surface area (Å²) in [7, 11) is 1.74. The molecule has 3 aromatic rings. The van der Waals surface area contributed by atoms with E-state index in [1.165, 1.54) is 23.5 Å². The quantitative estimate of drug-likeness (QED) is 0.592. The molecule has 8 heteroatoms.